The highest BCUT2D eigenvalue weighted by Gasteiger charge is 2.39. The van der Waals surface area contributed by atoms with Crippen LogP contribution in [0.5, 0.6) is 0 Å². The molecule has 1 spiro atoms. The van der Waals surface area contributed by atoms with E-state index in [1.165, 1.54) is 24.8 Å². The smallest absolute Gasteiger partial charge is 0.246 e. The van der Waals surface area contributed by atoms with Crippen LogP contribution in [0.2, 0.25) is 0 Å². The number of aliphatic hydroxyl groups excluding tert-OH is 1. The van der Waals surface area contributed by atoms with E-state index in [4.69, 9.17) is 0 Å². The molecule has 2 aliphatic rings. The van der Waals surface area contributed by atoms with E-state index < -0.39 is 0 Å². The van der Waals surface area contributed by atoms with Crippen molar-refractivity contribution in [1.82, 2.24) is 9.80 Å². The number of carbonyl (C=O) groups is 1. The molecule has 0 radical (unpaired) electrons. The number of rotatable bonds is 5. The van der Waals surface area contributed by atoms with Crippen LogP contribution in [0.25, 0.3) is 6.08 Å². The third-order valence-electron chi connectivity index (χ3n) is 6.21. The molecule has 2 aliphatic heterocycles. The third-order valence-corrected chi connectivity index (χ3v) is 7.16. The summed E-state index contributed by atoms with van der Waals surface area (Å²) in [6.45, 7) is 5.01. The molecular formula is C24H30N2O2S. The average molecular weight is 411 g/mol. The predicted molar refractivity (Wildman–Crippen MR) is 118 cm³/mol. The molecule has 4 rings (SSSR count). The van der Waals surface area contributed by atoms with E-state index in [1.54, 1.807) is 17.4 Å². The summed E-state index contributed by atoms with van der Waals surface area (Å²) in [5, 5.41) is 11.1. The van der Waals surface area contributed by atoms with Crippen molar-refractivity contribution in [2.24, 2.45) is 5.41 Å². The lowest BCUT2D eigenvalue weighted by Gasteiger charge is -2.48. The van der Waals surface area contributed by atoms with Gasteiger partial charge in [-0.3, -0.25) is 9.69 Å². The van der Waals surface area contributed by atoms with Crippen molar-refractivity contribution in [3.63, 3.8) is 0 Å². The van der Waals surface area contributed by atoms with Gasteiger partial charge in [0.2, 0.25) is 5.91 Å². The maximum atomic E-state index is 12.8. The minimum atomic E-state index is 0.0480. The fourth-order valence-corrected chi connectivity index (χ4v) is 5.64. The fourth-order valence-electron chi connectivity index (χ4n) is 4.84. The van der Waals surface area contributed by atoms with Crippen molar-refractivity contribution in [2.75, 3.05) is 26.2 Å². The summed E-state index contributed by atoms with van der Waals surface area (Å²) in [6, 6.07) is 12.6. The van der Waals surface area contributed by atoms with Crippen LogP contribution in [0, 0.1) is 5.41 Å². The Balaban J connectivity index is 1.38. The number of benzene rings is 1. The van der Waals surface area contributed by atoms with Crippen LogP contribution in [-0.2, 0) is 17.9 Å². The van der Waals surface area contributed by atoms with Gasteiger partial charge in [-0.25, -0.2) is 0 Å². The quantitative estimate of drug-likeness (QED) is 0.753. The van der Waals surface area contributed by atoms with E-state index in [1.807, 2.05) is 22.4 Å². The second-order valence-electron chi connectivity index (χ2n) is 8.51. The van der Waals surface area contributed by atoms with Crippen LogP contribution in [0.3, 0.4) is 0 Å². The Morgan fingerprint density at radius 3 is 2.66 bits per heavy atom. The number of thiophene rings is 1. The second kappa shape index (κ2) is 9.24. The molecule has 2 fully saturated rings. The third kappa shape index (κ3) is 5.16. The SMILES string of the molecule is O=C(/C=C/c1cc(CO)cs1)N1CCCC2(CCCN(Cc3ccccc3)C2)C1. The lowest BCUT2D eigenvalue weighted by Crippen LogP contribution is -2.53. The largest absolute Gasteiger partial charge is 0.392 e. The van der Waals surface area contributed by atoms with Crippen molar-refractivity contribution in [3.8, 4) is 0 Å². The number of amides is 1. The molecule has 0 aliphatic carbocycles. The molecule has 3 heterocycles. The molecule has 154 valence electrons. The molecule has 2 aromatic rings. The van der Waals surface area contributed by atoms with Crippen molar-refractivity contribution >= 4 is 23.3 Å². The van der Waals surface area contributed by atoms with E-state index in [-0.39, 0.29) is 17.9 Å². The number of hydrogen-bond acceptors (Lipinski definition) is 4. The number of piperidine rings is 2. The zero-order valence-corrected chi connectivity index (χ0v) is 17.7. The number of hydrogen-bond donors (Lipinski definition) is 1. The first-order valence-electron chi connectivity index (χ1n) is 10.6. The van der Waals surface area contributed by atoms with Gasteiger partial charge in [-0.05, 0) is 60.9 Å². The van der Waals surface area contributed by atoms with Crippen LogP contribution in [0.4, 0.5) is 0 Å². The molecule has 29 heavy (non-hydrogen) atoms. The molecule has 1 aromatic carbocycles. The first-order valence-corrected chi connectivity index (χ1v) is 11.5. The van der Waals surface area contributed by atoms with Gasteiger partial charge in [0, 0.05) is 42.5 Å². The summed E-state index contributed by atoms with van der Waals surface area (Å²) in [4.78, 5) is 18.5. The maximum Gasteiger partial charge on any atom is 0.246 e. The van der Waals surface area contributed by atoms with Gasteiger partial charge in [-0.1, -0.05) is 30.3 Å². The van der Waals surface area contributed by atoms with E-state index >= 15 is 0 Å². The Morgan fingerprint density at radius 2 is 1.90 bits per heavy atom. The van der Waals surface area contributed by atoms with Crippen LogP contribution in [-0.4, -0.2) is 47.0 Å². The molecule has 1 atom stereocenters. The first-order chi connectivity index (χ1) is 14.2. The van der Waals surface area contributed by atoms with E-state index in [0.29, 0.717) is 0 Å². The molecule has 4 nitrogen and oxygen atoms in total. The normalized spacial score (nSPS) is 23.1. The molecule has 5 heteroatoms. The second-order valence-corrected chi connectivity index (χ2v) is 9.45. The number of likely N-dealkylation sites (tertiary alicyclic amines) is 2. The Morgan fingerprint density at radius 1 is 1.10 bits per heavy atom. The molecule has 0 bridgehead atoms. The molecule has 2 saturated heterocycles. The lowest BCUT2D eigenvalue weighted by atomic mass is 9.73. The van der Waals surface area contributed by atoms with Gasteiger partial charge in [-0.2, -0.15) is 0 Å². The minimum Gasteiger partial charge on any atom is -0.392 e. The van der Waals surface area contributed by atoms with Crippen LogP contribution in [0.15, 0.2) is 47.9 Å². The van der Waals surface area contributed by atoms with Gasteiger partial charge in [0.1, 0.15) is 0 Å². The van der Waals surface area contributed by atoms with Crippen molar-refractivity contribution in [1.29, 1.82) is 0 Å². The first kappa shape index (κ1) is 20.3. The Kier molecular flexibility index (Phi) is 6.48. The van der Waals surface area contributed by atoms with Crippen LogP contribution >= 0.6 is 11.3 Å². The Bertz CT molecular complexity index is 844. The van der Waals surface area contributed by atoms with Crippen molar-refractivity contribution < 1.29 is 9.90 Å². The van der Waals surface area contributed by atoms with Gasteiger partial charge in [-0.15, -0.1) is 11.3 Å². The highest BCUT2D eigenvalue weighted by atomic mass is 32.1. The fraction of sp³-hybridized carbons (Fsp3) is 0.458. The van der Waals surface area contributed by atoms with E-state index in [2.05, 4.69) is 35.2 Å². The minimum absolute atomic E-state index is 0.0480. The zero-order valence-electron chi connectivity index (χ0n) is 16.9. The summed E-state index contributed by atoms with van der Waals surface area (Å²) in [5.74, 6) is 0.114. The summed E-state index contributed by atoms with van der Waals surface area (Å²) in [6.07, 6.45) is 8.33. The summed E-state index contributed by atoms with van der Waals surface area (Å²) < 4.78 is 0. The Labute approximate surface area is 177 Å². The summed E-state index contributed by atoms with van der Waals surface area (Å²) in [7, 11) is 0. The monoisotopic (exact) mass is 410 g/mol. The molecule has 1 unspecified atom stereocenters. The number of aliphatic hydroxyl groups is 1. The van der Waals surface area contributed by atoms with Gasteiger partial charge in [0.15, 0.2) is 0 Å². The number of carbonyl (C=O) groups excluding carboxylic acids is 1. The van der Waals surface area contributed by atoms with Crippen LogP contribution in [0.1, 0.15) is 41.7 Å². The summed E-state index contributed by atoms with van der Waals surface area (Å²) in [5.41, 5.74) is 2.51. The van der Waals surface area contributed by atoms with Gasteiger partial charge >= 0.3 is 0 Å². The van der Waals surface area contributed by atoms with E-state index in [9.17, 15) is 9.90 Å². The molecular weight excluding hydrogens is 380 g/mol. The van der Waals surface area contributed by atoms with Gasteiger partial charge < -0.3 is 10.0 Å². The van der Waals surface area contributed by atoms with Gasteiger partial charge in [0.25, 0.3) is 0 Å². The number of nitrogens with zero attached hydrogens (tertiary/aromatic N) is 2. The average Bonchev–Trinajstić information content (AvgIpc) is 3.21. The highest BCUT2D eigenvalue weighted by Crippen LogP contribution is 2.39. The van der Waals surface area contributed by atoms with Crippen molar-refractivity contribution in [2.45, 2.75) is 38.8 Å². The molecule has 1 amide bonds. The predicted octanol–water partition coefficient (Wildman–Crippen LogP) is 4.16. The maximum absolute atomic E-state index is 12.8. The highest BCUT2D eigenvalue weighted by molar-refractivity contribution is 7.11. The lowest BCUT2D eigenvalue weighted by molar-refractivity contribution is -0.130. The summed E-state index contributed by atoms with van der Waals surface area (Å²) >= 11 is 1.56. The standard InChI is InChI=1S/C24H30N2O2S/c27-16-21-14-22(29-17-21)8-9-23(28)26-13-5-11-24(19-26)10-4-12-25(18-24)15-20-6-2-1-3-7-20/h1-3,6-9,14,17,27H,4-5,10-13,15-16,18-19H2/b9-8+. The topological polar surface area (TPSA) is 43.8 Å². The van der Waals surface area contributed by atoms with Crippen LogP contribution < -0.4 is 0 Å². The van der Waals surface area contributed by atoms with Crippen molar-refractivity contribution in [3.05, 3.63) is 63.9 Å². The van der Waals surface area contributed by atoms with E-state index in [0.717, 1.165) is 49.6 Å². The molecule has 1 aromatic heterocycles. The molecule has 1 N–H and O–H groups in total. The zero-order chi connectivity index (χ0) is 20.1. The van der Waals surface area contributed by atoms with Gasteiger partial charge in [0.05, 0.1) is 6.61 Å². The molecule has 0 saturated carbocycles. The Hall–Kier alpha value is -1.95.